The van der Waals surface area contributed by atoms with E-state index in [1.165, 1.54) is 15.9 Å². The minimum atomic E-state index is -3.70. The molecule has 38 heavy (non-hydrogen) atoms. The van der Waals surface area contributed by atoms with Crippen LogP contribution in [0, 0.1) is 0 Å². The van der Waals surface area contributed by atoms with Crippen LogP contribution in [0.25, 0.3) is 0 Å². The van der Waals surface area contributed by atoms with E-state index in [1.807, 2.05) is 24.1 Å². The minimum absolute atomic E-state index is 0.0573. The molecule has 6 rings (SSSR count). The Hall–Kier alpha value is -3.08. The second kappa shape index (κ2) is 9.91. The van der Waals surface area contributed by atoms with Gasteiger partial charge in [-0.15, -0.1) is 0 Å². The number of hydrogen-bond acceptors (Lipinski definition) is 7. The van der Waals surface area contributed by atoms with Crippen LogP contribution in [0.1, 0.15) is 35.8 Å². The largest absolute Gasteiger partial charge is 0.496 e. The fraction of sp³-hybridized carbons (Fsp3) is 0.464. The molecule has 10 heteroatoms. The van der Waals surface area contributed by atoms with Crippen molar-refractivity contribution in [3.05, 3.63) is 58.7 Å². The Morgan fingerprint density at radius 2 is 1.74 bits per heavy atom. The summed E-state index contributed by atoms with van der Waals surface area (Å²) in [5.41, 5.74) is 4.19. The van der Waals surface area contributed by atoms with E-state index >= 15 is 0 Å². The zero-order valence-corrected chi connectivity index (χ0v) is 22.6. The molecule has 1 aliphatic carbocycles. The molecule has 3 aliphatic heterocycles. The third kappa shape index (κ3) is 4.54. The fourth-order valence-electron chi connectivity index (χ4n) is 5.66. The molecule has 1 fully saturated rings. The number of hydrogen-bond donors (Lipinski definition) is 1. The Morgan fingerprint density at radius 3 is 2.39 bits per heavy atom. The van der Waals surface area contributed by atoms with E-state index in [0.717, 1.165) is 35.3 Å². The molecule has 202 valence electrons. The van der Waals surface area contributed by atoms with Gasteiger partial charge in [0.25, 0.3) is 0 Å². The van der Waals surface area contributed by atoms with Crippen LogP contribution < -0.4 is 19.5 Å². The van der Waals surface area contributed by atoms with Gasteiger partial charge in [0.1, 0.15) is 19.0 Å². The maximum Gasteiger partial charge on any atom is 0.243 e. The van der Waals surface area contributed by atoms with Gasteiger partial charge >= 0.3 is 0 Å². The first-order valence-corrected chi connectivity index (χ1v) is 14.5. The van der Waals surface area contributed by atoms with Gasteiger partial charge in [0, 0.05) is 38.8 Å². The lowest BCUT2D eigenvalue weighted by molar-refractivity contribution is -0.131. The number of methoxy groups -OCH3 is 1. The summed E-state index contributed by atoms with van der Waals surface area (Å²) in [6.07, 6.45) is 2.30. The summed E-state index contributed by atoms with van der Waals surface area (Å²) in [5, 5.41) is 3.18. The van der Waals surface area contributed by atoms with E-state index in [9.17, 15) is 13.2 Å². The standard InChI is InChI=1S/C28H33N3O6S/c1-29-13-24(19-5-7-25(35-2)23(11-19)18-3-4-18)28(32)30-14-20-16-31(17-21(20)15-30)38(33,34)22-6-8-26-27(12-22)37-10-9-36-26/h5-8,11-12,18,24,29H,3-4,9-10,13-17H2,1-2H3/t24-/m0/s1. The van der Waals surface area contributed by atoms with Crippen molar-refractivity contribution in [2.24, 2.45) is 0 Å². The van der Waals surface area contributed by atoms with E-state index in [1.54, 1.807) is 19.2 Å². The third-order valence-corrected chi connectivity index (χ3v) is 9.63. The van der Waals surface area contributed by atoms with Crippen molar-refractivity contribution < 1.29 is 27.4 Å². The summed E-state index contributed by atoms with van der Waals surface area (Å²) >= 11 is 0. The lowest BCUT2D eigenvalue weighted by atomic mass is 9.94. The molecular weight excluding hydrogens is 506 g/mol. The molecular formula is C28H33N3O6S. The fourth-order valence-corrected chi connectivity index (χ4v) is 7.11. The van der Waals surface area contributed by atoms with Gasteiger partial charge < -0.3 is 24.4 Å². The van der Waals surface area contributed by atoms with Crippen LogP contribution in [0.4, 0.5) is 0 Å². The first kappa shape index (κ1) is 25.2. The summed E-state index contributed by atoms with van der Waals surface area (Å²) in [5.74, 6) is 2.14. The summed E-state index contributed by atoms with van der Waals surface area (Å²) < 4.78 is 44.9. The molecule has 0 radical (unpaired) electrons. The lowest BCUT2D eigenvalue weighted by Gasteiger charge is -2.27. The maximum atomic E-state index is 13.7. The Kier molecular flexibility index (Phi) is 6.57. The highest BCUT2D eigenvalue weighted by Gasteiger charge is 2.39. The van der Waals surface area contributed by atoms with Crippen molar-refractivity contribution in [1.82, 2.24) is 14.5 Å². The zero-order valence-electron chi connectivity index (χ0n) is 21.7. The van der Waals surface area contributed by atoms with Gasteiger partial charge in [-0.3, -0.25) is 4.79 Å². The number of rotatable bonds is 8. The van der Waals surface area contributed by atoms with Crippen LogP contribution in [-0.4, -0.2) is 83.6 Å². The monoisotopic (exact) mass is 539 g/mol. The Balaban J connectivity index is 1.15. The molecule has 0 unspecified atom stereocenters. The summed E-state index contributed by atoms with van der Waals surface area (Å²) in [6.45, 7) is 2.86. The molecule has 1 saturated carbocycles. The van der Waals surface area contributed by atoms with Gasteiger partial charge in [-0.05, 0) is 66.3 Å². The van der Waals surface area contributed by atoms with Crippen molar-refractivity contribution in [3.63, 3.8) is 0 Å². The van der Waals surface area contributed by atoms with Gasteiger partial charge in [0.2, 0.25) is 15.9 Å². The second-order valence-electron chi connectivity index (χ2n) is 10.4. The Morgan fingerprint density at radius 1 is 1.03 bits per heavy atom. The third-order valence-electron chi connectivity index (χ3n) is 7.84. The molecule has 1 N–H and O–H groups in total. The average molecular weight is 540 g/mol. The van der Waals surface area contributed by atoms with Crippen molar-refractivity contribution in [2.75, 3.05) is 60.1 Å². The second-order valence-corrected chi connectivity index (χ2v) is 12.3. The van der Waals surface area contributed by atoms with Crippen LogP contribution in [0.15, 0.2) is 52.4 Å². The van der Waals surface area contributed by atoms with E-state index in [-0.39, 0.29) is 16.7 Å². The van der Waals surface area contributed by atoms with Gasteiger partial charge in [-0.25, -0.2) is 8.42 Å². The number of fused-ring (bicyclic) bond motifs is 1. The topological polar surface area (TPSA) is 97.4 Å². The number of ether oxygens (including phenoxy) is 3. The smallest absolute Gasteiger partial charge is 0.243 e. The maximum absolute atomic E-state index is 13.7. The summed E-state index contributed by atoms with van der Waals surface area (Å²) in [4.78, 5) is 15.8. The van der Waals surface area contributed by atoms with Crippen LogP contribution in [0.3, 0.4) is 0 Å². The summed E-state index contributed by atoms with van der Waals surface area (Å²) in [6, 6.07) is 10.8. The van der Waals surface area contributed by atoms with Crippen LogP contribution in [-0.2, 0) is 14.8 Å². The molecule has 4 aliphatic rings. The molecule has 0 spiro atoms. The molecule has 2 aromatic carbocycles. The number of likely N-dealkylation sites (N-methyl/N-ethyl adjacent to an activating group) is 1. The van der Waals surface area contributed by atoms with E-state index < -0.39 is 10.0 Å². The van der Waals surface area contributed by atoms with Gasteiger partial charge in [0.05, 0.1) is 17.9 Å². The highest BCUT2D eigenvalue weighted by atomic mass is 32.2. The first-order valence-electron chi connectivity index (χ1n) is 13.1. The number of benzene rings is 2. The number of nitrogens with one attached hydrogen (secondary N) is 1. The molecule has 0 bridgehead atoms. The predicted octanol–water partition coefficient (Wildman–Crippen LogP) is 2.49. The quantitative estimate of drug-likeness (QED) is 0.515. The SMILES string of the molecule is CNC[C@H](C(=O)N1CC2=C(C1)CN(S(=O)(=O)c1ccc3c(c1)OCCO3)C2)c1ccc(OC)c(C2CC2)c1. The number of carbonyl (C=O) groups is 1. The number of nitrogens with zero attached hydrogens (tertiary/aromatic N) is 2. The number of amides is 1. The number of carbonyl (C=O) groups excluding carboxylic acids is 1. The highest BCUT2D eigenvalue weighted by Crippen LogP contribution is 2.45. The van der Waals surface area contributed by atoms with E-state index in [4.69, 9.17) is 14.2 Å². The summed E-state index contributed by atoms with van der Waals surface area (Å²) in [7, 11) is -0.161. The van der Waals surface area contributed by atoms with Crippen LogP contribution >= 0.6 is 0 Å². The molecule has 0 aromatic heterocycles. The average Bonchev–Trinajstić information content (AvgIpc) is 3.58. The highest BCUT2D eigenvalue weighted by molar-refractivity contribution is 7.89. The van der Waals surface area contributed by atoms with Crippen LogP contribution in [0.5, 0.6) is 17.2 Å². The Labute approximate surface area is 223 Å². The van der Waals surface area contributed by atoms with E-state index in [0.29, 0.717) is 63.4 Å². The van der Waals surface area contributed by atoms with Gasteiger partial charge in [-0.1, -0.05) is 12.1 Å². The van der Waals surface area contributed by atoms with Crippen molar-refractivity contribution in [1.29, 1.82) is 0 Å². The Bertz CT molecular complexity index is 1380. The molecule has 1 amide bonds. The van der Waals surface area contributed by atoms with Crippen LogP contribution in [0.2, 0.25) is 0 Å². The molecule has 0 saturated heterocycles. The molecule has 1 atom stereocenters. The van der Waals surface area contributed by atoms with Crippen molar-refractivity contribution in [3.8, 4) is 17.2 Å². The van der Waals surface area contributed by atoms with Gasteiger partial charge in [0.15, 0.2) is 11.5 Å². The minimum Gasteiger partial charge on any atom is -0.496 e. The molecule has 3 heterocycles. The van der Waals surface area contributed by atoms with Crippen molar-refractivity contribution in [2.45, 2.75) is 29.6 Å². The zero-order chi connectivity index (χ0) is 26.4. The molecule has 2 aromatic rings. The number of sulfonamides is 1. The van der Waals surface area contributed by atoms with Gasteiger partial charge in [-0.2, -0.15) is 4.31 Å². The lowest BCUT2D eigenvalue weighted by Crippen LogP contribution is -2.40. The predicted molar refractivity (Wildman–Crippen MR) is 141 cm³/mol. The molecule has 9 nitrogen and oxygen atoms in total. The van der Waals surface area contributed by atoms with E-state index in [2.05, 4.69) is 11.4 Å². The van der Waals surface area contributed by atoms with Crippen molar-refractivity contribution >= 4 is 15.9 Å². The normalized spacial score (nSPS) is 20.0. The first-order chi connectivity index (χ1) is 18.4.